The van der Waals surface area contributed by atoms with Crippen LogP contribution >= 0.6 is 11.3 Å². The molecule has 1 N–H and O–H groups in total. The van der Waals surface area contributed by atoms with Crippen LogP contribution in [0.3, 0.4) is 0 Å². The van der Waals surface area contributed by atoms with Crippen molar-refractivity contribution in [3.63, 3.8) is 0 Å². The zero-order chi connectivity index (χ0) is 12.1. The lowest BCUT2D eigenvalue weighted by Gasteiger charge is -2.13. The summed E-state index contributed by atoms with van der Waals surface area (Å²) < 4.78 is 13.0. The van der Waals surface area contributed by atoms with E-state index in [0.717, 1.165) is 24.2 Å². The number of hydrogen-bond acceptors (Lipinski definition) is 3. The highest BCUT2D eigenvalue weighted by molar-refractivity contribution is 7.07. The van der Waals surface area contributed by atoms with Gasteiger partial charge in [0.05, 0.1) is 11.2 Å². The Morgan fingerprint density at radius 3 is 3.06 bits per heavy atom. The molecule has 1 aromatic carbocycles. The Kier molecular flexibility index (Phi) is 4.23. The van der Waals surface area contributed by atoms with E-state index >= 15 is 0 Å². The van der Waals surface area contributed by atoms with Gasteiger partial charge in [-0.05, 0) is 24.6 Å². The maximum atomic E-state index is 13.0. The van der Waals surface area contributed by atoms with Gasteiger partial charge in [0.1, 0.15) is 5.82 Å². The van der Waals surface area contributed by atoms with Crippen LogP contribution in [0.25, 0.3) is 0 Å². The van der Waals surface area contributed by atoms with Gasteiger partial charge in [0.15, 0.2) is 0 Å². The molecule has 1 heterocycles. The Bertz CT molecular complexity index is 456. The molecule has 1 atom stereocenters. The monoisotopic (exact) mass is 250 g/mol. The summed E-state index contributed by atoms with van der Waals surface area (Å²) in [6.45, 7) is 2.89. The van der Waals surface area contributed by atoms with E-state index in [-0.39, 0.29) is 11.9 Å². The first-order valence-electron chi connectivity index (χ1n) is 5.61. The SMILES string of the molecule is CC(NCCc1cscn1)c1cccc(F)c1. The van der Waals surface area contributed by atoms with E-state index < -0.39 is 0 Å². The number of aromatic nitrogens is 1. The van der Waals surface area contributed by atoms with Gasteiger partial charge in [0.25, 0.3) is 0 Å². The zero-order valence-electron chi connectivity index (χ0n) is 9.69. The van der Waals surface area contributed by atoms with Crippen LogP contribution in [0.4, 0.5) is 4.39 Å². The Morgan fingerprint density at radius 2 is 2.35 bits per heavy atom. The number of rotatable bonds is 5. The second kappa shape index (κ2) is 5.89. The highest BCUT2D eigenvalue weighted by Gasteiger charge is 2.05. The van der Waals surface area contributed by atoms with Crippen LogP contribution in [-0.2, 0) is 6.42 Å². The predicted octanol–water partition coefficient (Wildman–Crippen LogP) is 3.18. The summed E-state index contributed by atoms with van der Waals surface area (Å²) >= 11 is 1.61. The summed E-state index contributed by atoms with van der Waals surface area (Å²) in [5.41, 5.74) is 3.92. The van der Waals surface area contributed by atoms with Gasteiger partial charge in [-0.1, -0.05) is 12.1 Å². The molecule has 0 amide bonds. The fourth-order valence-electron chi connectivity index (χ4n) is 1.67. The van der Waals surface area contributed by atoms with Crippen molar-refractivity contribution in [1.82, 2.24) is 10.3 Å². The Morgan fingerprint density at radius 1 is 1.47 bits per heavy atom. The van der Waals surface area contributed by atoms with E-state index in [0.29, 0.717) is 0 Å². The van der Waals surface area contributed by atoms with Gasteiger partial charge in [-0.15, -0.1) is 11.3 Å². The second-order valence-corrected chi connectivity index (χ2v) is 4.68. The van der Waals surface area contributed by atoms with Crippen molar-refractivity contribution in [1.29, 1.82) is 0 Å². The van der Waals surface area contributed by atoms with Crippen LogP contribution in [-0.4, -0.2) is 11.5 Å². The number of halogens is 1. The average Bonchev–Trinajstić information content (AvgIpc) is 2.82. The normalized spacial score (nSPS) is 12.6. The van der Waals surface area contributed by atoms with E-state index in [1.165, 1.54) is 6.07 Å². The first kappa shape index (κ1) is 12.2. The fourth-order valence-corrected chi connectivity index (χ4v) is 2.26. The molecule has 0 aliphatic rings. The molecular weight excluding hydrogens is 235 g/mol. The van der Waals surface area contributed by atoms with Crippen LogP contribution in [0, 0.1) is 5.82 Å². The molecule has 0 fully saturated rings. The van der Waals surface area contributed by atoms with Gasteiger partial charge in [-0.3, -0.25) is 0 Å². The Labute approximate surface area is 105 Å². The lowest BCUT2D eigenvalue weighted by Crippen LogP contribution is -2.21. The summed E-state index contributed by atoms with van der Waals surface area (Å²) in [5.74, 6) is -0.185. The maximum Gasteiger partial charge on any atom is 0.123 e. The van der Waals surface area contributed by atoms with E-state index in [1.54, 1.807) is 23.5 Å². The van der Waals surface area contributed by atoms with Crippen molar-refractivity contribution < 1.29 is 4.39 Å². The molecule has 0 aliphatic carbocycles. The summed E-state index contributed by atoms with van der Waals surface area (Å²) in [5, 5.41) is 5.41. The predicted molar refractivity (Wildman–Crippen MR) is 68.6 cm³/mol. The highest BCUT2D eigenvalue weighted by atomic mass is 32.1. The first-order chi connectivity index (χ1) is 8.25. The first-order valence-corrected chi connectivity index (χ1v) is 6.56. The molecule has 0 saturated heterocycles. The molecule has 0 saturated carbocycles. The molecule has 2 rings (SSSR count). The van der Waals surface area contributed by atoms with Crippen LogP contribution < -0.4 is 5.32 Å². The van der Waals surface area contributed by atoms with Crippen molar-refractivity contribution in [2.75, 3.05) is 6.54 Å². The number of thiazole rings is 1. The van der Waals surface area contributed by atoms with Gasteiger partial charge in [0, 0.05) is 24.4 Å². The van der Waals surface area contributed by atoms with E-state index in [2.05, 4.69) is 15.7 Å². The van der Waals surface area contributed by atoms with Gasteiger partial charge in [-0.2, -0.15) is 0 Å². The van der Waals surface area contributed by atoms with E-state index in [4.69, 9.17) is 0 Å². The third kappa shape index (κ3) is 3.61. The van der Waals surface area contributed by atoms with Crippen molar-refractivity contribution in [3.05, 3.63) is 52.2 Å². The van der Waals surface area contributed by atoms with Crippen molar-refractivity contribution in [2.24, 2.45) is 0 Å². The molecule has 0 radical (unpaired) electrons. The molecule has 17 heavy (non-hydrogen) atoms. The standard InChI is InChI=1S/C13H15FN2S/c1-10(11-3-2-4-12(14)7-11)15-6-5-13-8-17-9-16-13/h2-4,7-10,15H,5-6H2,1H3. The molecule has 90 valence electrons. The van der Waals surface area contributed by atoms with Gasteiger partial charge in [0.2, 0.25) is 0 Å². The number of nitrogens with one attached hydrogen (secondary N) is 1. The van der Waals surface area contributed by atoms with Gasteiger partial charge in [-0.25, -0.2) is 9.37 Å². The van der Waals surface area contributed by atoms with Crippen LogP contribution in [0.15, 0.2) is 35.2 Å². The smallest absolute Gasteiger partial charge is 0.123 e. The summed E-state index contributed by atoms with van der Waals surface area (Å²) in [4.78, 5) is 4.22. The van der Waals surface area contributed by atoms with Gasteiger partial charge >= 0.3 is 0 Å². The summed E-state index contributed by atoms with van der Waals surface area (Å²) in [6.07, 6.45) is 0.906. The molecule has 0 bridgehead atoms. The zero-order valence-corrected chi connectivity index (χ0v) is 10.5. The van der Waals surface area contributed by atoms with Crippen molar-refractivity contribution >= 4 is 11.3 Å². The number of nitrogens with zero attached hydrogens (tertiary/aromatic N) is 1. The van der Waals surface area contributed by atoms with Gasteiger partial charge < -0.3 is 5.32 Å². The molecule has 1 aromatic heterocycles. The van der Waals surface area contributed by atoms with Crippen LogP contribution in [0.1, 0.15) is 24.2 Å². The Balaban J connectivity index is 1.83. The lowest BCUT2D eigenvalue weighted by atomic mass is 10.1. The molecule has 2 aromatic rings. The van der Waals surface area contributed by atoms with E-state index in [9.17, 15) is 4.39 Å². The molecule has 1 unspecified atom stereocenters. The third-order valence-electron chi connectivity index (χ3n) is 2.66. The largest absolute Gasteiger partial charge is 0.310 e. The van der Waals surface area contributed by atoms with Crippen LogP contribution in [0.2, 0.25) is 0 Å². The second-order valence-electron chi connectivity index (χ2n) is 3.96. The summed E-state index contributed by atoms with van der Waals surface area (Å²) in [7, 11) is 0. The van der Waals surface area contributed by atoms with Crippen molar-refractivity contribution in [3.8, 4) is 0 Å². The Hall–Kier alpha value is -1.26. The fraction of sp³-hybridized carbons (Fsp3) is 0.308. The minimum absolute atomic E-state index is 0.157. The average molecular weight is 250 g/mol. The molecular formula is C13H15FN2S. The maximum absolute atomic E-state index is 13.0. The molecule has 0 spiro atoms. The minimum Gasteiger partial charge on any atom is -0.310 e. The molecule has 4 heteroatoms. The van der Waals surface area contributed by atoms with Crippen LogP contribution in [0.5, 0.6) is 0 Å². The van der Waals surface area contributed by atoms with E-state index in [1.807, 2.05) is 18.5 Å². The lowest BCUT2D eigenvalue weighted by molar-refractivity contribution is 0.565. The molecule has 2 nitrogen and oxygen atoms in total. The third-order valence-corrected chi connectivity index (χ3v) is 3.30. The number of benzene rings is 1. The minimum atomic E-state index is -0.185. The number of hydrogen-bond donors (Lipinski definition) is 1. The quantitative estimate of drug-likeness (QED) is 0.881. The summed E-state index contributed by atoms with van der Waals surface area (Å²) in [6, 6.07) is 6.86. The molecule has 0 aliphatic heterocycles. The highest BCUT2D eigenvalue weighted by Crippen LogP contribution is 2.13. The topological polar surface area (TPSA) is 24.9 Å². The van der Waals surface area contributed by atoms with Crippen molar-refractivity contribution in [2.45, 2.75) is 19.4 Å².